The Morgan fingerprint density at radius 3 is 3.12 bits per heavy atom. The Labute approximate surface area is 107 Å². The molecule has 0 spiro atoms. The van der Waals surface area contributed by atoms with Gasteiger partial charge in [0.05, 0.1) is 6.54 Å². The number of hydrogen-bond acceptors (Lipinski definition) is 4. The highest BCUT2D eigenvalue weighted by Gasteiger charge is 2.30. The summed E-state index contributed by atoms with van der Waals surface area (Å²) in [6.45, 7) is 6.73. The minimum absolute atomic E-state index is 0.450. The molecule has 0 bridgehead atoms. The normalized spacial score (nSPS) is 34.1. The Morgan fingerprint density at radius 2 is 2.44 bits per heavy atom. The summed E-state index contributed by atoms with van der Waals surface area (Å²) in [6.07, 6.45) is 5.29. The van der Waals surface area contributed by atoms with Crippen molar-refractivity contribution in [3.63, 3.8) is 0 Å². The summed E-state index contributed by atoms with van der Waals surface area (Å²) in [6, 6.07) is 0. The van der Waals surface area contributed by atoms with Gasteiger partial charge in [0.1, 0.15) is 0 Å². The minimum Gasteiger partial charge on any atom is -0.364 e. The van der Waals surface area contributed by atoms with Gasteiger partial charge in [0.15, 0.2) is 5.17 Å². The van der Waals surface area contributed by atoms with Crippen LogP contribution >= 0.6 is 23.5 Å². The fourth-order valence-corrected chi connectivity index (χ4v) is 4.59. The second kappa shape index (κ2) is 5.67. The summed E-state index contributed by atoms with van der Waals surface area (Å²) in [5.74, 6) is 1.33. The van der Waals surface area contributed by atoms with Crippen molar-refractivity contribution in [1.82, 2.24) is 5.32 Å². The van der Waals surface area contributed by atoms with E-state index in [4.69, 9.17) is 0 Å². The molecule has 0 aromatic rings. The van der Waals surface area contributed by atoms with Gasteiger partial charge in [0, 0.05) is 16.5 Å². The van der Waals surface area contributed by atoms with Gasteiger partial charge in [0.25, 0.3) is 0 Å². The molecule has 4 heteroatoms. The van der Waals surface area contributed by atoms with Crippen molar-refractivity contribution in [2.45, 2.75) is 49.5 Å². The average molecular weight is 258 g/mol. The van der Waals surface area contributed by atoms with Crippen LogP contribution in [-0.2, 0) is 0 Å². The Bertz CT molecular complexity index is 260. The van der Waals surface area contributed by atoms with E-state index in [-0.39, 0.29) is 0 Å². The van der Waals surface area contributed by atoms with Crippen molar-refractivity contribution >= 4 is 28.7 Å². The van der Waals surface area contributed by atoms with Gasteiger partial charge in [-0.15, -0.1) is 0 Å². The van der Waals surface area contributed by atoms with Crippen LogP contribution < -0.4 is 5.32 Å². The number of hydrogen-bond donors (Lipinski definition) is 1. The standard InChI is InChI=1S/C12H22N2S2/c1-3-5-10-8-13-11(16-10)14-9-12(2)6-4-7-15-12/h10H,3-9H2,1-2H3,(H,13,14). The van der Waals surface area contributed by atoms with Crippen molar-refractivity contribution in [2.24, 2.45) is 4.99 Å². The van der Waals surface area contributed by atoms with Crippen molar-refractivity contribution in [3.8, 4) is 0 Å². The molecule has 0 radical (unpaired) electrons. The number of nitrogens with zero attached hydrogens (tertiary/aromatic N) is 1. The quantitative estimate of drug-likeness (QED) is 0.838. The molecule has 1 fully saturated rings. The Kier molecular flexibility index (Phi) is 4.48. The molecular weight excluding hydrogens is 236 g/mol. The zero-order chi connectivity index (χ0) is 11.4. The number of nitrogens with one attached hydrogen (secondary N) is 1. The van der Waals surface area contributed by atoms with Gasteiger partial charge >= 0.3 is 0 Å². The smallest absolute Gasteiger partial charge is 0.156 e. The van der Waals surface area contributed by atoms with Gasteiger partial charge in [-0.25, -0.2) is 0 Å². The lowest BCUT2D eigenvalue weighted by molar-refractivity contribution is 0.593. The molecule has 0 aromatic heterocycles. The molecule has 2 rings (SSSR count). The van der Waals surface area contributed by atoms with E-state index < -0.39 is 0 Å². The number of rotatable bonds is 4. The minimum atomic E-state index is 0.450. The predicted octanol–water partition coefficient (Wildman–Crippen LogP) is 3.13. The summed E-state index contributed by atoms with van der Waals surface area (Å²) >= 11 is 4.06. The van der Waals surface area contributed by atoms with E-state index >= 15 is 0 Å². The van der Waals surface area contributed by atoms with Crippen molar-refractivity contribution < 1.29 is 0 Å². The molecule has 1 N–H and O–H groups in total. The van der Waals surface area contributed by atoms with E-state index in [0.29, 0.717) is 4.75 Å². The largest absolute Gasteiger partial charge is 0.364 e. The molecule has 0 aromatic carbocycles. The summed E-state index contributed by atoms with van der Waals surface area (Å²) in [4.78, 5) is 4.59. The Morgan fingerprint density at radius 1 is 1.56 bits per heavy atom. The zero-order valence-electron chi connectivity index (χ0n) is 10.3. The van der Waals surface area contributed by atoms with Crippen LogP contribution in [0.2, 0.25) is 0 Å². The first-order valence-corrected chi connectivity index (χ1v) is 8.17. The molecule has 2 aliphatic rings. The van der Waals surface area contributed by atoms with E-state index in [1.54, 1.807) is 0 Å². The number of thioether (sulfide) groups is 2. The Balaban J connectivity index is 1.71. The molecule has 0 amide bonds. The lowest BCUT2D eigenvalue weighted by Crippen LogP contribution is -2.35. The number of amidine groups is 1. The molecule has 1 saturated heterocycles. The molecule has 0 saturated carbocycles. The fraction of sp³-hybridized carbons (Fsp3) is 0.917. The van der Waals surface area contributed by atoms with Crippen LogP contribution in [0, 0.1) is 0 Å². The van der Waals surface area contributed by atoms with Gasteiger partial charge in [-0.3, -0.25) is 4.99 Å². The highest BCUT2D eigenvalue weighted by Crippen LogP contribution is 2.37. The topological polar surface area (TPSA) is 24.4 Å². The van der Waals surface area contributed by atoms with Crippen molar-refractivity contribution in [3.05, 3.63) is 0 Å². The maximum absolute atomic E-state index is 4.59. The van der Waals surface area contributed by atoms with Gasteiger partial charge in [-0.2, -0.15) is 11.8 Å². The summed E-state index contributed by atoms with van der Waals surface area (Å²) in [5, 5.41) is 5.46. The molecule has 16 heavy (non-hydrogen) atoms. The van der Waals surface area contributed by atoms with Gasteiger partial charge in [0.2, 0.25) is 0 Å². The highest BCUT2D eigenvalue weighted by atomic mass is 32.2. The van der Waals surface area contributed by atoms with Crippen LogP contribution in [-0.4, -0.2) is 34.0 Å². The molecule has 2 atom stereocenters. The highest BCUT2D eigenvalue weighted by molar-refractivity contribution is 8.14. The van der Waals surface area contributed by atoms with Gasteiger partial charge in [-0.05, 0) is 31.9 Å². The van der Waals surface area contributed by atoms with Crippen molar-refractivity contribution in [2.75, 3.05) is 18.8 Å². The van der Waals surface area contributed by atoms with Crippen LogP contribution in [0.4, 0.5) is 0 Å². The van der Waals surface area contributed by atoms with E-state index in [2.05, 4.69) is 35.9 Å². The SMILES string of the molecule is CCCC1CN=C(NCC2(C)CCCS2)S1. The molecule has 0 aliphatic carbocycles. The maximum atomic E-state index is 4.59. The molecule has 2 nitrogen and oxygen atoms in total. The monoisotopic (exact) mass is 258 g/mol. The third kappa shape index (κ3) is 3.33. The Hall–Kier alpha value is 0.170. The van der Waals surface area contributed by atoms with Gasteiger partial charge in [-0.1, -0.05) is 25.1 Å². The first-order valence-electron chi connectivity index (χ1n) is 6.31. The molecule has 2 heterocycles. The van der Waals surface area contributed by atoms with Crippen molar-refractivity contribution in [1.29, 1.82) is 0 Å². The predicted molar refractivity (Wildman–Crippen MR) is 76.7 cm³/mol. The average Bonchev–Trinajstić information content (AvgIpc) is 2.86. The second-order valence-electron chi connectivity index (χ2n) is 4.93. The van der Waals surface area contributed by atoms with E-state index in [0.717, 1.165) is 18.3 Å². The van der Waals surface area contributed by atoms with Crippen LogP contribution in [0.5, 0.6) is 0 Å². The fourth-order valence-electron chi connectivity index (χ4n) is 2.23. The van der Waals surface area contributed by atoms with E-state index in [1.165, 1.54) is 36.6 Å². The molecule has 2 aliphatic heterocycles. The number of aliphatic imine (C=N–C) groups is 1. The summed E-state index contributed by atoms with van der Waals surface area (Å²) < 4.78 is 0.450. The third-order valence-electron chi connectivity index (χ3n) is 3.24. The molecule has 2 unspecified atom stereocenters. The third-order valence-corrected chi connectivity index (χ3v) is 5.99. The lowest BCUT2D eigenvalue weighted by atomic mass is 10.1. The molecular formula is C12H22N2S2. The van der Waals surface area contributed by atoms with Crippen LogP contribution in [0.15, 0.2) is 4.99 Å². The van der Waals surface area contributed by atoms with E-state index in [1.807, 2.05) is 11.8 Å². The zero-order valence-corrected chi connectivity index (χ0v) is 11.9. The van der Waals surface area contributed by atoms with Gasteiger partial charge < -0.3 is 5.32 Å². The lowest BCUT2D eigenvalue weighted by Gasteiger charge is -2.23. The first kappa shape index (κ1) is 12.6. The van der Waals surface area contributed by atoms with E-state index in [9.17, 15) is 0 Å². The summed E-state index contributed by atoms with van der Waals surface area (Å²) in [5.41, 5.74) is 0. The molecule has 92 valence electrons. The second-order valence-corrected chi connectivity index (χ2v) is 7.90. The van der Waals surface area contributed by atoms with Crippen LogP contribution in [0.1, 0.15) is 39.5 Å². The van der Waals surface area contributed by atoms with Crippen LogP contribution in [0.25, 0.3) is 0 Å². The van der Waals surface area contributed by atoms with Crippen LogP contribution in [0.3, 0.4) is 0 Å². The maximum Gasteiger partial charge on any atom is 0.156 e. The first-order chi connectivity index (χ1) is 7.72. The summed E-state index contributed by atoms with van der Waals surface area (Å²) in [7, 11) is 0.